The second-order valence-electron chi connectivity index (χ2n) is 8.90. The van der Waals surface area contributed by atoms with Crippen molar-refractivity contribution in [3.63, 3.8) is 0 Å². The fourth-order valence-corrected chi connectivity index (χ4v) is 4.43. The predicted octanol–water partition coefficient (Wildman–Crippen LogP) is 5.52. The van der Waals surface area contributed by atoms with Gasteiger partial charge in [0.1, 0.15) is 17.6 Å². The van der Waals surface area contributed by atoms with Gasteiger partial charge < -0.3 is 20.2 Å². The third-order valence-electron chi connectivity index (χ3n) is 6.23. The highest BCUT2D eigenvalue weighted by molar-refractivity contribution is 6.24. The molecule has 0 radical (unpaired) electrons. The molecule has 1 aromatic rings. The molecule has 1 heterocycles. The molecule has 0 aromatic heterocycles. The van der Waals surface area contributed by atoms with Crippen molar-refractivity contribution in [1.29, 1.82) is 0 Å². The average molecular weight is 426 g/mol. The lowest BCUT2D eigenvalue weighted by molar-refractivity contribution is 0.134. The molecule has 0 bridgehead atoms. The van der Waals surface area contributed by atoms with Crippen molar-refractivity contribution >= 4 is 11.3 Å². The van der Waals surface area contributed by atoms with E-state index in [4.69, 9.17) is 15.3 Å². The van der Waals surface area contributed by atoms with Gasteiger partial charge in [-0.2, -0.15) is 5.10 Å². The number of hydrazone groups is 1. The van der Waals surface area contributed by atoms with E-state index in [-0.39, 0.29) is 6.10 Å². The quantitative estimate of drug-likeness (QED) is 0.176. The van der Waals surface area contributed by atoms with E-state index >= 15 is 0 Å². The summed E-state index contributed by atoms with van der Waals surface area (Å²) in [7, 11) is 2.12. The summed E-state index contributed by atoms with van der Waals surface area (Å²) in [6.07, 6.45) is 12.7. The van der Waals surface area contributed by atoms with Crippen LogP contribution in [0.15, 0.2) is 47.8 Å². The van der Waals surface area contributed by atoms with Crippen LogP contribution in [0, 0.1) is 0 Å². The first kappa shape index (κ1) is 23.4. The lowest BCUT2D eigenvalue weighted by Gasteiger charge is -2.23. The summed E-state index contributed by atoms with van der Waals surface area (Å²) in [5.41, 5.74) is 2.93. The van der Waals surface area contributed by atoms with Crippen molar-refractivity contribution in [2.24, 2.45) is 10.9 Å². The molecule has 5 heteroatoms. The van der Waals surface area contributed by atoms with Crippen molar-refractivity contribution in [2.75, 3.05) is 20.1 Å². The zero-order valence-electron chi connectivity index (χ0n) is 19.3. The minimum atomic E-state index is 0.190. The maximum absolute atomic E-state index is 6.20. The monoisotopic (exact) mass is 425 g/mol. The van der Waals surface area contributed by atoms with E-state index < -0.39 is 0 Å². The fraction of sp³-hybridized carbons (Fsp3) is 0.577. The minimum absolute atomic E-state index is 0.190. The van der Waals surface area contributed by atoms with E-state index in [9.17, 15) is 0 Å². The van der Waals surface area contributed by atoms with Gasteiger partial charge in [-0.15, -0.1) is 0 Å². The van der Waals surface area contributed by atoms with Crippen LogP contribution in [0.5, 0.6) is 5.75 Å². The van der Waals surface area contributed by atoms with Crippen LogP contribution >= 0.6 is 0 Å². The van der Waals surface area contributed by atoms with Crippen LogP contribution in [-0.4, -0.2) is 43.0 Å². The summed E-state index contributed by atoms with van der Waals surface area (Å²) in [6, 6.07) is 8.30. The number of rotatable bonds is 10. The summed E-state index contributed by atoms with van der Waals surface area (Å²) in [4.78, 5) is 2.28. The first-order valence-electron chi connectivity index (χ1n) is 11.9. The maximum Gasteiger partial charge on any atom is 0.119 e. The first-order valence-corrected chi connectivity index (χ1v) is 11.9. The highest BCUT2D eigenvalue weighted by Crippen LogP contribution is 2.27. The molecule has 170 valence electrons. The molecular formula is C26H39N3O2. The highest BCUT2D eigenvalue weighted by atomic mass is 16.5. The molecule has 1 saturated heterocycles. The number of likely N-dealkylation sites (tertiary alicyclic amines) is 1. The highest BCUT2D eigenvalue weighted by Gasteiger charge is 2.21. The van der Waals surface area contributed by atoms with Crippen LogP contribution < -0.4 is 10.6 Å². The Morgan fingerprint density at radius 2 is 1.90 bits per heavy atom. The second kappa shape index (κ2) is 11.9. The lowest BCUT2D eigenvalue weighted by atomic mass is 9.96. The molecule has 3 rings (SSSR count). The van der Waals surface area contributed by atoms with E-state index in [1.54, 1.807) is 0 Å². The van der Waals surface area contributed by atoms with Gasteiger partial charge in [0, 0.05) is 18.7 Å². The van der Waals surface area contributed by atoms with Gasteiger partial charge in [-0.1, -0.05) is 38.5 Å². The molecule has 2 fully saturated rings. The number of nitrogens with two attached hydrogens (primary N) is 1. The van der Waals surface area contributed by atoms with Crippen molar-refractivity contribution in [3.05, 3.63) is 48.2 Å². The van der Waals surface area contributed by atoms with Crippen molar-refractivity contribution in [3.8, 4) is 5.75 Å². The number of unbranched alkanes of at least 4 members (excludes halogenated alkanes) is 1. The predicted molar refractivity (Wildman–Crippen MR) is 129 cm³/mol. The largest absolute Gasteiger partial charge is 0.490 e. The molecule has 0 spiro atoms. The van der Waals surface area contributed by atoms with Gasteiger partial charge in [-0.25, -0.2) is 0 Å². The summed E-state index contributed by atoms with van der Waals surface area (Å²) < 4.78 is 12.3. The van der Waals surface area contributed by atoms with E-state index in [0.29, 0.717) is 11.9 Å². The van der Waals surface area contributed by atoms with Crippen LogP contribution in [0.3, 0.4) is 0 Å². The number of ether oxygens (including phenoxy) is 2. The summed E-state index contributed by atoms with van der Waals surface area (Å²) >= 11 is 0. The van der Waals surface area contributed by atoms with Gasteiger partial charge in [0.15, 0.2) is 0 Å². The van der Waals surface area contributed by atoms with E-state index in [0.717, 1.165) is 74.2 Å². The molecule has 5 nitrogen and oxygen atoms in total. The molecule has 0 amide bonds. The van der Waals surface area contributed by atoms with Gasteiger partial charge in [0.2, 0.25) is 0 Å². The molecule has 0 unspecified atom stereocenters. The summed E-state index contributed by atoms with van der Waals surface area (Å²) in [5.74, 6) is 7.40. The fourth-order valence-electron chi connectivity index (χ4n) is 4.43. The second-order valence-corrected chi connectivity index (χ2v) is 8.90. The molecule has 1 aromatic carbocycles. The number of allylic oxidation sites excluding steroid dienone is 2. The van der Waals surface area contributed by atoms with Gasteiger partial charge in [-0.3, -0.25) is 0 Å². The average Bonchev–Trinajstić information content (AvgIpc) is 3.19. The van der Waals surface area contributed by atoms with E-state index in [1.807, 2.05) is 6.08 Å². The van der Waals surface area contributed by atoms with Crippen LogP contribution in [0.4, 0.5) is 0 Å². The third-order valence-corrected chi connectivity index (χ3v) is 6.23. The molecule has 2 N–H and O–H groups in total. The number of hydrogen-bond donors (Lipinski definition) is 1. The molecule has 1 aliphatic carbocycles. The smallest absolute Gasteiger partial charge is 0.119 e. The Hall–Kier alpha value is -2.27. The molecular weight excluding hydrogens is 386 g/mol. The number of benzene rings is 1. The van der Waals surface area contributed by atoms with Gasteiger partial charge in [-0.05, 0) is 75.8 Å². The van der Waals surface area contributed by atoms with Crippen molar-refractivity contribution in [2.45, 2.75) is 76.9 Å². The minimum Gasteiger partial charge on any atom is -0.490 e. The lowest BCUT2D eigenvalue weighted by Crippen LogP contribution is -2.19. The van der Waals surface area contributed by atoms with E-state index in [1.165, 1.54) is 19.3 Å². The van der Waals surface area contributed by atoms with Crippen LogP contribution in [0.2, 0.25) is 0 Å². The Kier molecular flexibility index (Phi) is 9.01. The van der Waals surface area contributed by atoms with E-state index in [2.05, 4.69) is 54.8 Å². The Morgan fingerprint density at radius 1 is 1.16 bits per heavy atom. The van der Waals surface area contributed by atoms with Crippen LogP contribution in [0.25, 0.3) is 5.57 Å². The molecule has 31 heavy (non-hydrogen) atoms. The van der Waals surface area contributed by atoms with Gasteiger partial charge in [0.25, 0.3) is 0 Å². The number of likely N-dealkylation sites (N-methyl/N-ethyl adjacent to an activating group) is 1. The molecule has 1 aliphatic heterocycles. The Morgan fingerprint density at radius 3 is 2.52 bits per heavy atom. The topological polar surface area (TPSA) is 60.1 Å². The first-order chi connectivity index (χ1) is 15.1. The Balaban J connectivity index is 1.75. The van der Waals surface area contributed by atoms with Gasteiger partial charge >= 0.3 is 0 Å². The number of nitrogens with zero attached hydrogens (tertiary/aromatic N) is 2. The Bertz CT molecular complexity index is 763. The number of hydrogen-bond acceptors (Lipinski definition) is 5. The van der Waals surface area contributed by atoms with Crippen molar-refractivity contribution in [1.82, 2.24) is 4.90 Å². The van der Waals surface area contributed by atoms with Crippen molar-refractivity contribution < 1.29 is 9.47 Å². The SMILES string of the molecule is C=C(/C=C(\C(CCCC)=N/N)c1ccc(OC2CCCCC2)cc1)O[C@@H]1CCN(C)C1. The molecule has 1 atom stereocenters. The zero-order valence-corrected chi connectivity index (χ0v) is 19.3. The molecule has 1 saturated carbocycles. The normalized spacial score (nSPS) is 21.3. The van der Waals surface area contributed by atoms with Crippen LogP contribution in [0.1, 0.15) is 70.3 Å². The zero-order chi connectivity index (χ0) is 22.1. The van der Waals surface area contributed by atoms with Crippen LogP contribution in [-0.2, 0) is 4.74 Å². The van der Waals surface area contributed by atoms with Gasteiger partial charge in [0.05, 0.1) is 11.8 Å². The maximum atomic E-state index is 6.20. The third kappa shape index (κ3) is 7.13. The standard InChI is InChI=1S/C26H39N3O2/c1-4-5-11-26(28-27)25(18-20(2)30-24-16-17-29(3)19-24)21-12-14-23(15-13-21)31-22-9-7-6-8-10-22/h12-15,18,22,24H,2,4-11,16-17,19,27H2,1,3H3/b25-18-,28-26-/t24-/m1/s1. The molecule has 2 aliphatic rings. The summed E-state index contributed by atoms with van der Waals surface area (Å²) in [6.45, 7) is 8.33. The summed E-state index contributed by atoms with van der Waals surface area (Å²) in [5, 5.41) is 4.13. The Labute approximate surface area is 188 Å².